The highest BCUT2D eigenvalue weighted by Gasteiger charge is 2.33. The zero-order valence-corrected chi connectivity index (χ0v) is 25.4. The standard InChI is InChI=1S/C35H46O8/c1-3-33(36)42-23-7-6-22-41-31-16-12-29(13-17-31)34(37)43-32-18-10-28(11-19-32)27-8-14-30(15-9-27)40-21-5-4-20-38-24-35(2)25-39-26-35/h3,10-13,16-19,27,30H,1,4-9,14-15,20-26H2,2H3. The Morgan fingerprint density at radius 1 is 0.860 bits per heavy atom. The van der Waals surface area contributed by atoms with Gasteiger partial charge in [0, 0.05) is 24.7 Å². The lowest BCUT2D eigenvalue weighted by molar-refractivity contribution is -0.138. The predicted molar refractivity (Wildman–Crippen MR) is 164 cm³/mol. The summed E-state index contributed by atoms with van der Waals surface area (Å²) in [6, 6.07) is 14.8. The molecule has 8 nitrogen and oxygen atoms in total. The summed E-state index contributed by atoms with van der Waals surface area (Å²) in [5.74, 6) is 0.873. The first-order valence-corrected chi connectivity index (χ1v) is 15.6. The van der Waals surface area contributed by atoms with Crippen molar-refractivity contribution in [2.45, 2.75) is 70.3 Å². The van der Waals surface area contributed by atoms with Gasteiger partial charge in [0.1, 0.15) is 11.5 Å². The molecular weight excluding hydrogens is 548 g/mol. The zero-order valence-electron chi connectivity index (χ0n) is 25.4. The van der Waals surface area contributed by atoms with Crippen molar-refractivity contribution in [3.05, 3.63) is 72.3 Å². The first-order valence-electron chi connectivity index (χ1n) is 15.6. The van der Waals surface area contributed by atoms with Crippen LogP contribution in [0.3, 0.4) is 0 Å². The lowest BCUT2D eigenvalue weighted by atomic mass is 9.83. The maximum Gasteiger partial charge on any atom is 0.343 e. The van der Waals surface area contributed by atoms with Gasteiger partial charge in [0.05, 0.1) is 44.7 Å². The molecule has 2 aliphatic rings. The van der Waals surface area contributed by atoms with Crippen molar-refractivity contribution < 1.29 is 38.0 Å². The molecule has 2 fully saturated rings. The average molecular weight is 595 g/mol. The molecule has 1 heterocycles. The molecule has 2 aromatic carbocycles. The normalized spacial score (nSPS) is 19.2. The van der Waals surface area contributed by atoms with Crippen LogP contribution in [-0.2, 0) is 23.7 Å². The van der Waals surface area contributed by atoms with Crippen molar-refractivity contribution in [2.75, 3.05) is 46.2 Å². The van der Waals surface area contributed by atoms with E-state index in [0.717, 1.165) is 84.1 Å². The second kappa shape index (κ2) is 17.2. The molecule has 1 aliphatic heterocycles. The Morgan fingerprint density at radius 3 is 2.19 bits per heavy atom. The molecule has 0 N–H and O–H groups in total. The Labute approximate surface area is 255 Å². The number of hydrogen-bond donors (Lipinski definition) is 0. The van der Waals surface area contributed by atoms with Crippen LogP contribution in [0.1, 0.15) is 80.1 Å². The van der Waals surface area contributed by atoms with E-state index < -0.39 is 11.9 Å². The van der Waals surface area contributed by atoms with Crippen molar-refractivity contribution in [2.24, 2.45) is 5.41 Å². The van der Waals surface area contributed by atoms with Gasteiger partial charge in [-0.25, -0.2) is 9.59 Å². The Kier molecular flexibility index (Phi) is 13.1. The number of unbranched alkanes of at least 4 members (excludes halogenated alkanes) is 2. The molecule has 1 aliphatic carbocycles. The third-order valence-corrected chi connectivity index (χ3v) is 7.93. The Hall–Kier alpha value is -3.20. The van der Waals surface area contributed by atoms with Gasteiger partial charge >= 0.3 is 11.9 Å². The molecule has 4 rings (SSSR count). The summed E-state index contributed by atoms with van der Waals surface area (Å²) in [5, 5.41) is 0. The van der Waals surface area contributed by atoms with Gasteiger partial charge in [0.15, 0.2) is 0 Å². The second-order valence-electron chi connectivity index (χ2n) is 11.8. The summed E-state index contributed by atoms with van der Waals surface area (Å²) in [6.45, 7) is 10.4. The summed E-state index contributed by atoms with van der Waals surface area (Å²) in [4.78, 5) is 23.7. The molecule has 43 heavy (non-hydrogen) atoms. The number of ether oxygens (including phenoxy) is 6. The topological polar surface area (TPSA) is 89.5 Å². The highest BCUT2D eigenvalue weighted by Crippen LogP contribution is 2.35. The van der Waals surface area contributed by atoms with Crippen molar-refractivity contribution >= 4 is 11.9 Å². The fraction of sp³-hybridized carbons (Fsp3) is 0.543. The predicted octanol–water partition coefficient (Wildman–Crippen LogP) is 6.67. The lowest BCUT2D eigenvalue weighted by Crippen LogP contribution is -2.43. The number of esters is 2. The highest BCUT2D eigenvalue weighted by atomic mass is 16.5. The molecule has 0 unspecified atom stereocenters. The summed E-state index contributed by atoms with van der Waals surface area (Å²) in [6.07, 6.45) is 9.34. The van der Waals surface area contributed by atoms with Gasteiger partial charge in [0.2, 0.25) is 0 Å². The van der Waals surface area contributed by atoms with Gasteiger partial charge in [-0.1, -0.05) is 25.6 Å². The molecular formula is C35H46O8. The number of rotatable bonds is 18. The molecule has 1 saturated heterocycles. The molecule has 234 valence electrons. The maximum absolute atomic E-state index is 12.6. The Bertz CT molecular complexity index is 1130. The molecule has 8 heteroatoms. The number of carbonyl (C=O) groups excluding carboxylic acids is 2. The summed E-state index contributed by atoms with van der Waals surface area (Å²) >= 11 is 0. The van der Waals surface area contributed by atoms with Crippen LogP contribution < -0.4 is 9.47 Å². The summed E-state index contributed by atoms with van der Waals surface area (Å²) in [5.41, 5.74) is 1.95. The molecule has 0 bridgehead atoms. The number of hydrogen-bond acceptors (Lipinski definition) is 8. The highest BCUT2D eigenvalue weighted by molar-refractivity contribution is 5.91. The molecule has 0 spiro atoms. The van der Waals surface area contributed by atoms with Crippen LogP contribution in [0.4, 0.5) is 0 Å². The van der Waals surface area contributed by atoms with Crippen LogP contribution in [0.2, 0.25) is 0 Å². The average Bonchev–Trinajstić information content (AvgIpc) is 3.02. The van der Waals surface area contributed by atoms with Crippen LogP contribution in [-0.4, -0.2) is 64.3 Å². The third-order valence-electron chi connectivity index (χ3n) is 7.93. The summed E-state index contributed by atoms with van der Waals surface area (Å²) in [7, 11) is 0. The van der Waals surface area contributed by atoms with Gasteiger partial charge < -0.3 is 28.4 Å². The molecule has 0 amide bonds. The van der Waals surface area contributed by atoms with Crippen LogP contribution in [0.15, 0.2) is 61.2 Å². The molecule has 1 saturated carbocycles. The second-order valence-corrected chi connectivity index (χ2v) is 11.8. The molecule has 0 radical (unpaired) electrons. The van der Waals surface area contributed by atoms with Crippen molar-refractivity contribution in [3.8, 4) is 11.5 Å². The van der Waals surface area contributed by atoms with Crippen LogP contribution in [0, 0.1) is 5.41 Å². The van der Waals surface area contributed by atoms with E-state index in [1.165, 1.54) is 5.56 Å². The molecule has 0 atom stereocenters. The molecule has 0 aromatic heterocycles. The van der Waals surface area contributed by atoms with Crippen LogP contribution in [0.5, 0.6) is 11.5 Å². The van der Waals surface area contributed by atoms with E-state index in [0.29, 0.717) is 48.7 Å². The van der Waals surface area contributed by atoms with E-state index in [9.17, 15) is 9.59 Å². The fourth-order valence-electron chi connectivity index (χ4n) is 5.26. The van der Waals surface area contributed by atoms with E-state index in [-0.39, 0.29) is 5.41 Å². The Balaban J connectivity index is 1.07. The molecule has 2 aromatic rings. The van der Waals surface area contributed by atoms with Crippen molar-refractivity contribution in [3.63, 3.8) is 0 Å². The van der Waals surface area contributed by atoms with E-state index in [1.807, 2.05) is 12.1 Å². The third kappa shape index (κ3) is 11.1. The first kappa shape index (κ1) is 32.7. The van der Waals surface area contributed by atoms with E-state index in [4.69, 9.17) is 28.4 Å². The smallest absolute Gasteiger partial charge is 0.343 e. The number of benzene rings is 2. The van der Waals surface area contributed by atoms with Gasteiger partial charge in [-0.2, -0.15) is 0 Å². The minimum atomic E-state index is -0.419. The van der Waals surface area contributed by atoms with Gasteiger partial charge in [-0.15, -0.1) is 0 Å². The SMILES string of the molecule is C=CC(=O)OCCCCOc1ccc(C(=O)Oc2ccc(C3CCC(OCCCCOCC4(C)COC4)CC3)cc2)cc1. The first-order chi connectivity index (χ1) is 20.9. The van der Waals surface area contributed by atoms with E-state index in [1.54, 1.807) is 24.3 Å². The van der Waals surface area contributed by atoms with Gasteiger partial charge in [-0.05, 0) is 99.2 Å². The largest absolute Gasteiger partial charge is 0.494 e. The van der Waals surface area contributed by atoms with E-state index in [2.05, 4.69) is 25.6 Å². The van der Waals surface area contributed by atoms with Gasteiger partial charge in [0.25, 0.3) is 0 Å². The summed E-state index contributed by atoms with van der Waals surface area (Å²) < 4.78 is 33.4. The van der Waals surface area contributed by atoms with Gasteiger partial charge in [-0.3, -0.25) is 0 Å². The van der Waals surface area contributed by atoms with Crippen LogP contribution in [0.25, 0.3) is 0 Å². The van der Waals surface area contributed by atoms with Crippen molar-refractivity contribution in [1.82, 2.24) is 0 Å². The minimum absolute atomic E-state index is 0.221. The lowest BCUT2D eigenvalue weighted by Gasteiger charge is -2.37. The van der Waals surface area contributed by atoms with Crippen LogP contribution >= 0.6 is 0 Å². The fourth-order valence-corrected chi connectivity index (χ4v) is 5.26. The zero-order chi connectivity index (χ0) is 30.3. The maximum atomic E-state index is 12.6. The minimum Gasteiger partial charge on any atom is -0.494 e. The van der Waals surface area contributed by atoms with Crippen molar-refractivity contribution in [1.29, 1.82) is 0 Å². The number of carbonyl (C=O) groups is 2. The Morgan fingerprint density at radius 2 is 1.51 bits per heavy atom. The quantitative estimate of drug-likeness (QED) is 0.0818. The van der Waals surface area contributed by atoms with E-state index >= 15 is 0 Å². The monoisotopic (exact) mass is 594 g/mol.